The van der Waals surface area contributed by atoms with E-state index in [1.54, 1.807) is 12.1 Å². The molecule has 0 radical (unpaired) electrons. The second-order valence-corrected chi connectivity index (χ2v) is 4.84. The van der Waals surface area contributed by atoms with E-state index in [1.165, 1.54) is 18.7 Å². The summed E-state index contributed by atoms with van der Waals surface area (Å²) >= 11 is 7.47. The molecule has 0 aliphatic rings. The van der Waals surface area contributed by atoms with Crippen LogP contribution in [0.3, 0.4) is 0 Å². The van der Waals surface area contributed by atoms with E-state index in [0.29, 0.717) is 16.1 Å². The molecular formula is C12H13ClO4S. The van der Waals surface area contributed by atoms with Crippen LogP contribution in [-0.2, 0) is 27.4 Å². The van der Waals surface area contributed by atoms with Gasteiger partial charge in [-0.05, 0) is 23.4 Å². The Morgan fingerprint density at radius 3 is 2.61 bits per heavy atom. The average Bonchev–Trinajstić information content (AvgIpc) is 2.25. The van der Waals surface area contributed by atoms with Crippen molar-refractivity contribution in [1.29, 1.82) is 0 Å². The number of aliphatic carboxylic acids is 1. The molecule has 0 aliphatic heterocycles. The predicted molar refractivity (Wildman–Crippen MR) is 70.0 cm³/mol. The first kappa shape index (κ1) is 14.9. The monoisotopic (exact) mass is 288 g/mol. The van der Waals surface area contributed by atoms with Gasteiger partial charge in [-0.25, -0.2) is 0 Å². The number of carboxylic acids is 1. The molecule has 98 valence electrons. The van der Waals surface area contributed by atoms with Crippen LogP contribution in [0, 0.1) is 0 Å². The van der Waals surface area contributed by atoms with Crippen LogP contribution >= 0.6 is 23.4 Å². The lowest BCUT2D eigenvalue weighted by atomic mass is 10.1. The Morgan fingerprint density at radius 2 is 2.11 bits per heavy atom. The number of rotatable bonds is 5. The third kappa shape index (κ3) is 4.23. The lowest BCUT2D eigenvalue weighted by Crippen LogP contribution is -2.04. The SMILES string of the molecule is CSc1c(Cl)cc(COC(C)=O)cc1CC(=O)O. The number of thioether (sulfide) groups is 1. The summed E-state index contributed by atoms with van der Waals surface area (Å²) in [5.41, 5.74) is 1.31. The third-order valence-electron chi connectivity index (χ3n) is 2.17. The standard InChI is InChI=1S/C12H13ClO4S/c1-7(14)17-6-8-3-9(5-11(15)16)12(18-2)10(13)4-8/h3-4H,5-6H2,1-2H3,(H,15,16). The molecule has 1 aromatic carbocycles. The molecule has 0 amide bonds. The lowest BCUT2D eigenvalue weighted by molar-refractivity contribution is -0.142. The van der Waals surface area contributed by atoms with E-state index in [0.717, 1.165) is 4.90 Å². The van der Waals surface area contributed by atoms with Crippen LogP contribution in [0.5, 0.6) is 0 Å². The first-order valence-electron chi connectivity index (χ1n) is 5.14. The number of carboxylic acid groups (broad SMARTS) is 1. The summed E-state index contributed by atoms with van der Waals surface area (Å²) < 4.78 is 4.86. The van der Waals surface area contributed by atoms with Crippen LogP contribution < -0.4 is 0 Å². The van der Waals surface area contributed by atoms with Crippen LogP contribution in [0.15, 0.2) is 17.0 Å². The average molecular weight is 289 g/mol. The van der Waals surface area contributed by atoms with Crippen molar-refractivity contribution in [3.8, 4) is 0 Å². The first-order chi connectivity index (χ1) is 8.43. The van der Waals surface area contributed by atoms with Crippen molar-refractivity contribution in [2.24, 2.45) is 0 Å². The Balaban J connectivity index is 3.04. The zero-order valence-electron chi connectivity index (χ0n) is 10.0. The summed E-state index contributed by atoms with van der Waals surface area (Å²) in [5, 5.41) is 9.32. The van der Waals surface area contributed by atoms with E-state index in [1.807, 2.05) is 6.26 Å². The van der Waals surface area contributed by atoms with Gasteiger partial charge in [0.1, 0.15) is 6.61 Å². The van der Waals surface area contributed by atoms with E-state index in [2.05, 4.69) is 0 Å². The maximum absolute atomic E-state index is 10.8. The minimum atomic E-state index is -0.925. The van der Waals surface area contributed by atoms with Crippen LogP contribution in [0.1, 0.15) is 18.1 Å². The Hall–Kier alpha value is -1.20. The summed E-state index contributed by atoms with van der Waals surface area (Å²) in [5.74, 6) is -1.31. The second kappa shape index (κ2) is 6.66. The fourth-order valence-corrected chi connectivity index (χ4v) is 2.64. The van der Waals surface area contributed by atoms with Gasteiger partial charge < -0.3 is 9.84 Å². The molecule has 1 N–H and O–H groups in total. The highest BCUT2D eigenvalue weighted by molar-refractivity contribution is 7.98. The van der Waals surface area contributed by atoms with E-state index in [-0.39, 0.29) is 19.0 Å². The molecule has 0 aliphatic carbocycles. The highest BCUT2D eigenvalue weighted by Crippen LogP contribution is 2.31. The minimum absolute atomic E-state index is 0.0936. The first-order valence-corrected chi connectivity index (χ1v) is 6.74. The molecule has 0 aromatic heterocycles. The third-order valence-corrected chi connectivity index (χ3v) is 3.47. The van der Waals surface area contributed by atoms with E-state index >= 15 is 0 Å². The topological polar surface area (TPSA) is 63.6 Å². The molecule has 6 heteroatoms. The van der Waals surface area contributed by atoms with Gasteiger partial charge in [-0.15, -0.1) is 11.8 Å². The van der Waals surface area contributed by atoms with Crippen molar-refractivity contribution in [3.05, 3.63) is 28.3 Å². The van der Waals surface area contributed by atoms with Crippen molar-refractivity contribution < 1.29 is 19.4 Å². The maximum atomic E-state index is 10.8. The molecule has 1 aromatic rings. The molecule has 0 bridgehead atoms. The van der Waals surface area contributed by atoms with Crippen molar-refractivity contribution in [1.82, 2.24) is 0 Å². The fourth-order valence-electron chi connectivity index (χ4n) is 1.50. The summed E-state index contributed by atoms with van der Waals surface area (Å²) in [4.78, 5) is 22.3. The largest absolute Gasteiger partial charge is 0.481 e. The normalized spacial score (nSPS) is 10.2. The Kier molecular flexibility index (Phi) is 5.50. The Bertz CT molecular complexity index is 473. The maximum Gasteiger partial charge on any atom is 0.307 e. The number of halogens is 1. The molecule has 18 heavy (non-hydrogen) atoms. The number of benzene rings is 1. The molecule has 0 atom stereocenters. The van der Waals surface area contributed by atoms with Gasteiger partial charge in [-0.2, -0.15) is 0 Å². The molecule has 1 rings (SSSR count). The van der Waals surface area contributed by atoms with Gasteiger partial charge in [0.15, 0.2) is 0 Å². The predicted octanol–water partition coefficient (Wildman–Crippen LogP) is 2.75. The number of hydrogen-bond donors (Lipinski definition) is 1. The fraction of sp³-hybridized carbons (Fsp3) is 0.333. The van der Waals surface area contributed by atoms with Gasteiger partial charge in [0, 0.05) is 11.8 Å². The van der Waals surface area contributed by atoms with Crippen molar-refractivity contribution >= 4 is 35.3 Å². The molecule has 4 nitrogen and oxygen atoms in total. The zero-order valence-corrected chi connectivity index (χ0v) is 11.6. The Morgan fingerprint density at radius 1 is 1.44 bits per heavy atom. The van der Waals surface area contributed by atoms with Gasteiger partial charge in [0.05, 0.1) is 11.4 Å². The summed E-state index contributed by atoms with van der Waals surface area (Å²) in [6, 6.07) is 3.39. The van der Waals surface area contributed by atoms with Gasteiger partial charge >= 0.3 is 11.9 Å². The quantitative estimate of drug-likeness (QED) is 0.667. The van der Waals surface area contributed by atoms with Gasteiger partial charge in [0.2, 0.25) is 0 Å². The molecule has 0 heterocycles. The highest BCUT2D eigenvalue weighted by Gasteiger charge is 2.12. The van der Waals surface area contributed by atoms with E-state index < -0.39 is 5.97 Å². The van der Waals surface area contributed by atoms with Crippen LogP contribution in [0.2, 0.25) is 5.02 Å². The number of carbonyl (C=O) groups excluding carboxylic acids is 1. The van der Waals surface area contributed by atoms with Gasteiger partial charge in [0.25, 0.3) is 0 Å². The van der Waals surface area contributed by atoms with Gasteiger partial charge in [-0.1, -0.05) is 17.7 Å². The summed E-state index contributed by atoms with van der Waals surface area (Å²) in [7, 11) is 0. The summed E-state index contributed by atoms with van der Waals surface area (Å²) in [6.45, 7) is 1.41. The highest BCUT2D eigenvalue weighted by atomic mass is 35.5. The minimum Gasteiger partial charge on any atom is -0.481 e. The number of hydrogen-bond acceptors (Lipinski definition) is 4. The van der Waals surface area contributed by atoms with Crippen molar-refractivity contribution in [2.45, 2.75) is 24.8 Å². The Labute approximate surface area is 114 Å². The van der Waals surface area contributed by atoms with Crippen molar-refractivity contribution in [2.75, 3.05) is 6.26 Å². The van der Waals surface area contributed by atoms with Crippen molar-refractivity contribution in [3.63, 3.8) is 0 Å². The molecule has 0 saturated carbocycles. The number of ether oxygens (including phenoxy) is 1. The van der Waals surface area contributed by atoms with E-state index in [4.69, 9.17) is 21.4 Å². The zero-order chi connectivity index (χ0) is 13.7. The molecule has 0 fully saturated rings. The summed E-state index contributed by atoms with van der Waals surface area (Å²) in [6.07, 6.45) is 1.72. The second-order valence-electron chi connectivity index (χ2n) is 3.62. The lowest BCUT2D eigenvalue weighted by Gasteiger charge is -2.11. The smallest absolute Gasteiger partial charge is 0.307 e. The number of esters is 1. The molecule has 0 saturated heterocycles. The van der Waals surface area contributed by atoms with Crippen LogP contribution in [-0.4, -0.2) is 23.3 Å². The van der Waals surface area contributed by atoms with E-state index in [9.17, 15) is 9.59 Å². The molecular weight excluding hydrogens is 276 g/mol. The van der Waals surface area contributed by atoms with Crippen LogP contribution in [0.25, 0.3) is 0 Å². The van der Waals surface area contributed by atoms with Crippen LogP contribution in [0.4, 0.5) is 0 Å². The molecule has 0 spiro atoms. The number of carbonyl (C=O) groups is 2. The molecule has 0 unspecified atom stereocenters. The van der Waals surface area contributed by atoms with Gasteiger partial charge in [-0.3, -0.25) is 9.59 Å².